The van der Waals surface area contributed by atoms with Crippen LogP contribution in [0.15, 0.2) is 218 Å². The van der Waals surface area contributed by atoms with Crippen molar-refractivity contribution in [2.45, 2.75) is 38.5 Å². The van der Waals surface area contributed by atoms with E-state index in [-0.39, 0.29) is 10.8 Å². The molecule has 1 aliphatic heterocycles. The molecule has 2 nitrogen and oxygen atoms in total. The van der Waals surface area contributed by atoms with E-state index in [1.165, 1.54) is 88.6 Å². The monoisotopic (exact) mass is 820 g/mol. The Bertz CT molecular complexity index is 3460. The topological polar surface area (TPSA) is 6.48 Å². The van der Waals surface area contributed by atoms with Crippen LogP contribution in [0.4, 0.5) is 34.1 Å². The van der Waals surface area contributed by atoms with Gasteiger partial charge in [-0.2, -0.15) is 0 Å². The van der Waals surface area contributed by atoms with Gasteiger partial charge in [0.05, 0.1) is 28.4 Å². The lowest BCUT2D eigenvalue weighted by Crippen LogP contribution is -2.31. The summed E-state index contributed by atoms with van der Waals surface area (Å²) in [5, 5.41) is 4.87. The average Bonchev–Trinajstić information content (AvgIpc) is 3.57. The van der Waals surface area contributed by atoms with Gasteiger partial charge in [-0.3, -0.25) is 0 Å². The van der Waals surface area contributed by atoms with Crippen LogP contribution < -0.4 is 9.80 Å². The lowest BCUT2D eigenvalue weighted by Gasteiger charge is -2.44. The summed E-state index contributed by atoms with van der Waals surface area (Å²) in [7, 11) is 0. The number of para-hydroxylation sites is 2. The zero-order valence-electron chi connectivity index (χ0n) is 36.7. The molecule has 0 unspecified atom stereocenters. The minimum Gasteiger partial charge on any atom is -0.308 e. The molecule has 0 saturated heterocycles. The average molecular weight is 821 g/mol. The first-order valence-electron chi connectivity index (χ1n) is 22.5. The highest BCUT2D eigenvalue weighted by Gasteiger charge is 2.40. The molecule has 0 atom stereocenters. The molecule has 0 aromatic heterocycles. The van der Waals surface area contributed by atoms with E-state index in [0.29, 0.717) is 0 Å². The Morgan fingerprint density at radius 1 is 0.344 bits per heavy atom. The number of rotatable bonds is 6. The first kappa shape index (κ1) is 38.0. The molecule has 10 aromatic rings. The van der Waals surface area contributed by atoms with Crippen molar-refractivity contribution < 1.29 is 0 Å². The maximum atomic E-state index is 2.59. The third-order valence-electron chi connectivity index (χ3n) is 14.2. The first-order valence-corrected chi connectivity index (χ1v) is 22.5. The van der Waals surface area contributed by atoms with Crippen molar-refractivity contribution in [1.82, 2.24) is 0 Å². The fourth-order valence-electron chi connectivity index (χ4n) is 11.0. The molecule has 64 heavy (non-hydrogen) atoms. The Hall–Kier alpha value is -7.68. The summed E-state index contributed by atoms with van der Waals surface area (Å²) in [5.74, 6) is 0. The third kappa shape index (κ3) is 5.72. The number of nitrogens with zero attached hydrogens (tertiary/aromatic N) is 2. The molecule has 306 valence electrons. The van der Waals surface area contributed by atoms with E-state index in [0.717, 1.165) is 22.7 Å². The zero-order valence-corrected chi connectivity index (χ0v) is 36.7. The van der Waals surface area contributed by atoms with Crippen LogP contribution in [0.1, 0.15) is 49.9 Å². The summed E-state index contributed by atoms with van der Waals surface area (Å²) >= 11 is 0. The molecule has 10 aromatic carbocycles. The van der Waals surface area contributed by atoms with Crippen molar-refractivity contribution in [2.24, 2.45) is 0 Å². The van der Waals surface area contributed by atoms with Crippen LogP contribution in [0.25, 0.3) is 54.9 Å². The van der Waals surface area contributed by atoms with Gasteiger partial charge in [0.2, 0.25) is 0 Å². The Morgan fingerprint density at radius 2 is 0.938 bits per heavy atom. The number of anilines is 6. The summed E-state index contributed by atoms with van der Waals surface area (Å²) in [6, 6.07) is 81.2. The van der Waals surface area contributed by atoms with E-state index in [4.69, 9.17) is 0 Å². The number of benzene rings is 10. The Morgan fingerprint density at radius 3 is 1.77 bits per heavy atom. The molecule has 0 fully saturated rings. The van der Waals surface area contributed by atoms with Crippen molar-refractivity contribution in [3.63, 3.8) is 0 Å². The SMILES string of the molecule is CC1(C)c2ccccc2-c2ccc(N(c3ccccc3-c3ccccc3)c3ccc4ccccc4c3N3c4ccccc4C(C)(C)c4ccc(-c5cccc6ccccc56)cc43)cc21. The van der Waals surface area contributed by atoms with Crippen LogP contribution in [0.2, 0.25) is 0 Å². The predicted octanol–water partition coefficient (Wildman–Crippen LogP) is 17.2. The molecule has 0 bridgehead atoms. The summed E-state index contributed by atoms with van der Waals surface area (Å²) in [6.45, 7) is 9.52. The fraction of sp³-hybridized carbons (Fsp3) is 0.0968. The van der Waals surface area contributed by atoms with Gasteiger partial charge in [-0.25, -0.2) is 0 Å². The van der Waals surface area contributed by atoms with Crippen LogP contribution in [0.5, 0.6) is 0 Å². The second-order valence-electron chi connectivity index (χ2n) is 18.5. The van der Waals surface area contributed by atoms with Crippen LogP contribution in [-0.2, 0) is 10.8 Å². The minimum atomic E-state index is -0.259. The standard InChI is InChI=1S/C62H48N2/c1-61(2)52-29-14-12-27-50(52)51-36-35-45(40-55(51)61)63(56-31-16-13-25-48(56)42-19-6-5-7-20-42)58-38-34-43-22-9-11-26-49(43)60(58)64-57-32-17-15-30-53(57)62(3,4)54-37-33-44(39-59(54)64)47-28-18-23-41-21-8-10-24-46(41)47/h5-40H,1-4H3. The predicted molar refractivity (Wildman–Crippen MR) is 271 cm³/mol. The van der Waals surface area contributed by atoms with Crippen LogP contribution >= 0.6 is 0 Å². The molecule has 2 heteroatoms. The quantitative estimate of drug-likeness (QED) is 0.165. The van der Waals surface area contributed by atoms with Crippen molar-refractivity contribution in [3.05, 3.63) is 241 Å². The van der Waals surface area contributed by atoms with Gasteiger partial charge >= 0.3 is 0 Å². The molecule has 0 spiro atoms. The van der Waals surface area contributed by atoms with Gasteiger partial charge < -0.3 is 9.80 Å². The lowest BCUT2D eigenvalue weighted by molar-refractivity contribution is 0.632. The van der Waals surface area contributed by atoms with E-state index in [2.05, 4.69) is 256 Å². The van der Waals surface area contributed by atoms with Crippen molar-refractivity contribution in [2.75, 3.05) is 9.80 Å². The second-order valence-corrected chi connectivity index (χ2v) is 18.5. The molecule has 0 radical (unpaired) electrons. The summed E-state index contributed by atoms with van der Waals surface area (Å²) in [5.41, 5.74) is 19.1. The largest absolute Gasteiger partial charge is 0.308 e. The maximum absolute atomic E-state index is 2.59. The highest BCUT2D eigenvalue weighted by Crippen LogP contribution is 2.58. The molecule has 0 amide bonds. The number of hydrogen-bond acceptors (Lipinski definition) is 2. The first-order chi connectivity index (χ1) is 31.3. The maximum Gasteiger partial charge on any atom is 0.0781 e. The van der Waals surface area contributed by atoms with Gasteiger partial charge in [0.25, 0.3) is 0 Å². The molecule has 0 N–H and O–H groups in total. The molecular weight excluding hydrogens is 773 g/mol. The van der Waals surface area contributed by atoms with Gasteiger partial charge in [0.15, 0.2) is 0 Å². The molecule has 0 saturated carbocycles. The number of fused-ring (bicyclic) bond motifs is 7. The van der Waals surface area contributed by atoms with Gasteiger partial charge in [-0.15, -0.1) is 0 Å². The van der Waals surface area contributed by atoms with E-state index < -0.39 is 0 Å². The lowest BCUT2D eigenvalue weighted by atomic mass is 9.73. The molecule has 12 rings (SSSR count). The van der Waals surface area contributed by atoms with Crippen molar-refractivity contribution in [3.8, 4) is 33.4 Å². The highest BCUT2D eigenvalue weighted by atomic mass is 15.2. The van der Waals surface area contributed by atoms with Gasteiger partial charge in [0, 0.05) is 27.5 Å². The molecular formula is C62H48N2. The van der Waals surface area contributed by atoms with Crippen molar-refractivity contribution >= 4 is 55.7 Å². The summed E-state index contributed by atoms with van der Waals surface area (Å²) in [6.07, 6.45) is 0. The van der Waals surface area contributed by atoms with Gasteiger partial charge in [-0.1, -0.05) is 210 Å². The summed E-state index contributed by atoms with van der Waals surface area (Å²) in [4.78, 5) is 5.13. The molecule has 1 aliphatic carbocycles. The van der Waals surface area contributed by atoms with E-state index in [1.54, 1.807) is 0 Å². The summed E-state index contributed by atoms with van der Waals surface area (Å²) < 4.78 is 0. The Kier molecular flexibility index (Phi) is 8.58. The Labute approximate surface area is 376 Å². The minimum absolute atomic E-state index is 0.173. The molecule has 2 aliphatic rings. The van der Waals surface area contributed by atoms with E-state index >= 15 is 0 Å². The van der Waals surface area contributed by atoms with Crippen LogP contribution in [0, 0.1) is 0 Å². The van der Waals surface area contributed by atoms with Crippen molar-refractivity contribution in [1.29, 1.82) is 0 Å². The zero-order chi connectivity index (χ0) is 43.2. The molecule has 1 heterocycles. The van der Waals surface area contributed by atoms with Gasteiger partial charge in [0.1, 0.15) is 0 Å². The third-order valence-corrected chi connectivity index (χ3v) is 14.2. The normalized spacial score (nSPS) is 14.2. The van der Waals surface area contributed by atoms with Crippen LogP contribution in [0.3, 0.4) is 0 Å². The van der Waals surface area contributed by atoms with E-state index in [9.17, 15) is 0 Å². The van der Waals surface area contributed by atoms with Gasteiger partial charge in [-0.05, 0) is 103 Å². The Balaban J connectivity index is 1.18. The van der Waals surface area contributed by atoms with E-state index in [1.807, 2.05) is 0 Å². The smallest absolute Gasteiger partial charge is 0.0781 e. The van der Waals surface area contributed by atoms with Crippen LogP contribution in [-0.4, -0.2) is 0 Å². The highest BCUT2D eigenvalue weighted by molar-refractivity contribution is 6.10. The fourth-order valence-corrected chi connectivity index (χ4v) is 11.0. The second kappa shape index (κ2) is 14.4. The number of hydrogen-bond donors (Lipinski definition) is 0.